The minimum Gasteiger partial charge on any atom is -0.316 e. The highest BCUT2D eigenvalue weighted by atomic mass is 19.1. The maximum atomic E-state index is 13.2. The van der Waals surface area contributed by atoms with Crippen LogP contribution in [0.4, 0.5) is 4.39 Å². The second-order valence-corrected chi connectivity index (χ2v) is 6.15. The largest absolute Gasteiger partial charge is 0.316 e. The van der Waals surface area contributed by atoms with Gasteiger partial charge in [0.05, 0.1) is 11.6 Å². The Hall–Kier alpha value is -1.44. The minimum absolute atomic E-state index is 0.345. The van der Waals surface area contributed by atoms with Gasteiger partial charge in [-0.05, 0) is 63.4 Å². The summed E-state index contributed by atoms with van der Waals surface area (Å²) in [6.45, 7) is 8.26. The topological polar surface area (TPSA) is 39.1 Å². The predicted molar refractivity (Wildman–Crippen MR) is 82.3 cm³/mol. The smallest absolute Gasteiger partial charge is 0.124 e. The first-order valence-corrected chi connectivity index (χ1v) is 7.73. The fourth-order valence-corrected chi connectivity index (χ4v) is 2.88. The number of hydrogen-bond donors (Lipinski definition) is 1. The van der Waals surface area contributed by atoms with E-state index in [9.17, 15) is 9.65 Å². The van der Waals surface area contributed by atoms with Crippen molar-refractivity contribution in [1.82, 2.24) is 10.2 Å². The molecule has 0 amide bonds. The second kappa shape index (κ2) is 7.53. The zero-order valence-electron chi connectivity index (χ0n) is 12.9. The van der Waals surface area contributed by atoms with E-state index in [1.54, 1.807) is 6.07 Å². The van der Waals surface area contributed by atoms with Gasteiger partial charge in [-0.25, -0.2) is 4.39 Å². The molecule has 0 aromatic heterocycles. The highest BCUT2D eigenvalue weighted by Crippen LogP contribution is 2.18. The molecule has 1 N–H and O–H groups in total. The van der Waals surface area contributed by atoms with Crippen LogP contribution in [-0.4, -0.2) is 30.6 Å². The van der Waals surface area contributed by atoms with Crippen LogP contribution < -0.4 is 5.32 Å². The average molecular weight is 289 g/mol. The molecule has 1 saturated heterocycles. The van der Waals surface area contributed by atoms with Crippen LogP contribution in [0.3, 0.4) is 0 Å². The summed E-state index contributed by atoms with van der Waals surface area (Å²) < 4.78 is 13.2. The van der Waals surface area contributed by atoms with Crippen molar-refractivity contribution in [2.24, 2.45) is 5.92 Å². The number of benzene rings is 1. The van der Waals surface area contributed by atoms with Gasteiger partial charge in [0.1, 0.15) is 5.82 Å². The molecule has 1 unspecified atom stereocenters. The van der Waals surface area contributed by atoms with Crippen LogP contribution in [0, 0.1) is 23.1 Å². The zero-order chi connectivity index (χ0) is 15.2. The number of rotatable bonds is 5. The Kier molecular flexibility index (Phi) is 5.72. The van der Waals surface area contributed by atoms with Crippen LogP contribution in [0.5, 0.6) is 0 Å². The van der Waals surface area contributed by atoms with Gasteiger partial charge in [-0.1, -0.05) is 6.07 Å². The van der Waals surface area contributed by atoms with Crippen LogP contribution in [0.1, 0.15) is 37.8 Å². The van der Waals surface area contributed by atoms with E-state index in [1.165, 1.54) is 25.0 Å². The summed E-state index contributed by atoms with van der Waals surface area (Å²) >= 11 is 0. The standard InChI is InChI=1S/C17H24FN3/c1-13(2)21(11-14-4-3-7-20-10-14)12-15-5-6-17(18)8-16(15)9-19/h5-6,8,13-14,20H,3-4,7,10-12H2,1-2H3. The van der Waals surface area contributed by atoms with Gasteiger partial charge in [-0.15, -0.1) is 0 Å². The van der Waals surface area contributed by atoms with Crippen LogP contribution in [0.2, 0.25) is 0 Å². The molecule has 0 spiro atoms. The molecular weight excluding hydrogens is 265 g/mol. The number of nitrogens with one attached hydrogen (secondary N) is 1. The van der Waals surface area contributed by atoms with Crippen molar-refractivity contribution >= 4 is 0 Å². The molecule has 1 aliphatic heterocycles. The summed E-state index contributed by atoms with van der Waals surface area (Å²) in [4.78, 5) is 2.38. The molecule has 1 heterocycles. The van der Waals surface area contributed by atoms with Gasteiger partial charge in [0.2, 0.25) is 0 Å². The Morgan fingerprint density at radius 2 is 2.29 bits per heavy atom. The number of piperidine rings is 1. The molecule has 4 heteroatoms. The molecule has 2 rings (SSSR count). The van der Waals surface area contributed by atoms with Crippen LogP contribution in [0.15, 0.2) is 18.2 Å². The number of hydrogen-bond acceptors (Lipinski definition) is 3. The predicted octanol–water partition coefficient (Wildman–Crippen LogP) is 2.91. The van der Waals surface area contributed by atoms with E-state index in [1.807, 2.05) is 0 Å². The van der Waals surface area contributed by atoms with Crippen LogP contribution >= 0.6 is 0 Å². The molecule has 0 bridgehead atoms. The Morgan fingerprint density at radius 3 is 2.90 bits per heavy atom. The first-order chi connectivity index (χ1) is 10.1. The Morgan fingerprint density at radius 1 is 1.48 bits per heavy atom. The molecule has 1 fully saturated rings. The summed E-state index contributed by atoms with van der Waals surface area (Å²) in [6, 6.07) is 7.02. The Labute approximate surface area is 126 Å². The molecule has 1 aromatic carbocycles. The Bertz CT molecular complexity index is 501. The molecular formula is C17H24FN3. The van der Waals surface area contributed by atoms with Crippen molar-refractivity contribution < 1.29 is 4.39 Å². The van der Waals surface area contributed by atoms with Gasteiger partial charge < -0.3 is 5.32 Å². The molecule has 0 aliphatic carbocycles. The minimum atomic E-state index is -0.345. The summed E-state index contributed by atoms with van der Waals surface area (Å²) in [5.74, 6) is 0.315. The molecule has 1 aliphatic rings. The van der Waals surface area contributed by atoms with E-state index in [0.717, 1.165) is 25.2 Å². The monoisotopic (exact) mass is 289 g/mol. The molecule has 114 valence electrons. The molecule has 0 radical (unpaired) electrons. The third-order valence-corrected chi connectivity index (χ3v) is 4.19. The lowest BCUT2D eigenvalue weighted by Crippen LogP contribution is -2.40. The van der Waals surface area contributed by atoms with Crippen molar-refractivity contribution in [3.8, 4) is 6.07 Å². The van der Waals surface area contributed by atoms with E-state index < -0.39 is 0 Å². The number of halogens is 1. The van der Waals surface area contributed by atoms with E-state index in [0.29, 0.717) is 24.1 Å². The van der Waals surface area contributed by atoms with Crippen molar-refractivity contribution in [2.75, 3.05) is 19.6 Å². The lowest BCUT2D eigenvalue weighted by Gasteiger charge is -2.33. The summed E-state index contributed by atoms with van der Waals surface area (Å²) in [7, 11) is 0. The summed E-state index contributed by atoms with van der Waals surface area (Å²) in [5.41, 5.74) is 1.36. The average Bonchev–Trinajstić information content (AvgIpc) is 2.49. The van der Waals surface area contributed by atoms with Gasteiger partial charge in [0, 0.05) is 19.1 Å². The zero-order valence-corrected chi connectivity index (χ0v) is 12.9. The lowest BCUT2D eigenvalue weighted by molar-refractivity contribution is 0.164. The van der Waals surface area contributed by atoms with E-state index >= 15 is 0 Å². The fraction of sp³-hybridized carbons (Fsp3) is 0.588. The number of nitriles is 1. The fourth-order valence-electron chi connectivity index (χ4n) is 2.88. The van der Waals surface area contributed by atoms with Gasteiger partial charge in [-0.3, -0.25) is 4.90 Å². The van der Waals surface area contributed by atoms with Crippen molar-refractivity contribution in [2.45, 2.75) is 39.3 Å². The maximum Gasteiger partial charge on any atom is 0.124 e. The Balaban J connectivity index is 2.07. The molecule has 1 aromatic rings. The van der Waals surface area contributed by atoms with Gasteiger partial charge in [-0.2, -0.15) is 5.26 Å². The summed E-state index contributed by atoms with van der Waals surface area (Å²) in [6.07, 6.45) is 2.49. The van der Waals surface area contributed by atoms with Gasteiger partial charge in [0.15, 0.2) is 0 Å². The highest BCUT2D eigenvalue weighted by molar-refractivity contribution is 5.37. The second-order valence-electron chi connectivity index (χ2n) is 6.15. The highest BCUT2D eigenvalue weighted by Gasteiger charge is 2.20. The van der Waals surface area contributed by atoms with Crippen molar-refractivity contribution in [3.63, 3.8) is 0 Å². The molecule has 3 nitrogen and oxygen atoms in total. The third kappa shape index (κ3) is 4.52. The van der Waals surface area contributed by atoms with Crippen LogP contribution in [0.25, 0.3) is 0 Å². The SMILES string of the molecule is CC(C)N(Cc1ccc(F)cc1C#N)CC1CCCNC1. The van der Waals surface area contributed by atoms with Crippen molar-refractivity contribution in [1.29, 1.82) is 5.26 Å². The van der Waals surface area contributed by atoms with E-state index in [4.69, 9.17) is 0 Å². The number of nitrogens with zero attached hydrogens (tertiary/aromatic N) is 2. The first kappa shape index (κ1) is 15.9. The normalized spacial score (nSPS) is 19.0. The van der Waals surface area contributed by atoms with Gasteiger partial charge >= 0.3 is 0 Å². The summed E-state index contributed by atoms with van der Waals surface area (Å²) in [5, 5.41) is 12.6. The molecule has 0 saturated carbocycles. The quantitative estimate of drug-likeness (QED) is 0.906. The maximum absolute atomic E-state index is 13.2. The van der Waals surface area contributed by atoms with E-state index in [2.05, 4.69) is 30.1 Å². The molecule has 21 heavy (non-hydrogen) atoms. The lowest BCUT2D eigenvalue weighted by atomic mass is 9.98. The third-order valence-electron chi connectivity index (χ3n) is 4.19. The van der Waals surface area contributed by atoms with Crippen molar-refractivity contribution in [3.05, 3.63) is 35.1 Å². The first-order valence-electron chi connectivity index (χ1n) is 7.73. The van der Waals surface area contributed by atoms with Crippen LogP contribution in [-0.2, 0) is 6.54 Å². The van der Waals surface area contributed by atoms with Gasteiger partial charge in [0.25, 0.3) is 0 Å². The van der Waals surface area contributed by atoms with E-state index in [-0.39, 0.29) is 5.82 Å². The molecule has 1 atom stereocenters.